The number of rotatable bonds is 31. The fourth-order valence-corrected chi connectivity index (χ4v) is 5.11. The van der Waals surface area contributed by atoms with Gasteiger partial charge in [0.15, 0.2) is 6.10 Å². The third kappa shape index (κ3) is 29.4. The molecule has 44 heavy (non-hydrogen) atoms. The maximum absolute atomic E-state index is 12.3. The summed E-state index contributed by atoms with van der Waals surface area (Å²) in [6.45, 7) is 3.44. The number of hydrogen-bond acceptors (Lipinski definition) is 8. The summed E-state index contributed by atoms with van der Waals surface area (Å²) >= 11 is 0. The highest BCUT2D eigenvalue weighted by Gasteiger charge is 2.23. The molecule has 0 aromatic carbocycles. The summed E-state index contributed by atoms with van der Waals surface area (Å²) in [6.07, 6.45) is 21.2. The number of allylic oxidation sites excluding steroid dienone is 1. The van der Waals surface area contributed by atoms with E-state index in [-0.39, 0.29) is 19.4 Å². The van der Waals surface area contributed by atoms with Crippen molar-refractivity contribution < 1.29 is 48.2 Å². The molecule has 0 bridgehead atoms. The molecule has 0 spiro atoms. The number of phosphoric ester groups is 1. The fraction of sp³-hybridized carbons (Fsp3) is 0.879. The lowest BCUT2D eigenvalue weighted by molar-refractivity contribution is -0.161. The van der Waals surface area contributed by atoms with Crippen LogP contribution in [0.1, 0.15) is 155 Å². The molecule has 0 aromatic rings. The van der Waals surface area contributed by atoms with Crippen LogP contribution in [0.25, 0.3) is 0 Å². The van der Waals surface area contributed by atoms with Gasteiger partial charge in [-0.05, 0) is 38.5 Å². The Balaban J connectivity index is 4.11. The number of carbonyl (C=O) groups is 2. The van der Waals surface area contributed by atoms with E-state index in [0.29, 0.717) is 25.7 Å². The summed E-state index contributed by atoms with van der Waals surface area (Å²) < 4.78 is 26.1. The lowest BCUT2D eigenvalue weighted by Gasteiger charge is -2.18. The van der Waals surface area contributed by atoms with Crippen LogP contribution >= 0.6 is 7.82 Å². The highest BCUT2D eigenvalue weighted by atomic mass is 31.2. The zero-order valence-corrected chi connectivity index (χ0v) is 28.4. The molecular formula is C33H63O10P. The van der Waals surface area contributed by atoms with Crippen LogP contribution in [-0.4, -0.2) is 63.5 Å². The highest BCUT2D eigenvalue weighted by molar-refractivity contribution is 7.46. The normalized spacial score (nSPS) is 14.0. The minimum Gasteiger partial charge on any atom is -0.462 e. The van der Waals surface area contributed by atoms with Crippen molar-refractivity contribution in [2.75, 3.05) is 13.2 Å². The van der Waals surface area contributed by atoms with Crippen LogP contribution in [0.15, 0.2) is 12.2 Å². The van der Waals surface area contributed by atoms with Crippen LogP contribution in [0.3, 0.4) is 0 Å². The molecule has 0 unspecified atom stereocenters. The SMILES string of the molecule is CCCCC/C=C\C[C@@H](O)[C@H](O)CCCCCCCC(=O)OC[C@H](COP(=O)(O)O)OC(=O)CCCCCCCCCCC. The van der Waals surface area contributed by atoms with E-state index in [1.807, 2.05) is 6.08 Å². The standard InChI is InChI=1S/C33H63O10P/c1-3-5-7-9-11-12-13-17-22-26-33(37)43-29(28-42-44(38,39)40)27-41-32(36)25-21-18-14-16-20-24-31(35)30(34)23-19-15-10-8-6-4-2/h15,19,29-31,34-35H,3-14,16-18,20-28H2,1-2H3,(H2,38,39,40)/b19-15-/t29-,30-,31-/m1/s1. The van der Waals surface area contributed by atoms with Crippen molar-refractivity contribution in [3.63, 3.8) is 0 Å². The Morgan fingerprint density at radius 3 is 1.77 bits per heavy atom. The maximum Gasteiger partial charge on any atom is 0.469 e. The minimum atomic E-state index is -4.77. The summed E-state index contributed by atoms with van der Waals surface area (Å²) in [5.41, 5.74) is 0. The zero-order chi connectivity index (χ0) is 32.9. The van der Waals surface area contributed by atoms with E-state index in [1.54, 1.807) is 0 Å². The Hall–Kier alpha value is -1.29. The Kier molecular flexibility index (Phi) is 28.3. The summed E-state index contributed by atoms with van der Waals surface area (Å²) in [5, 5.41) is 20.3. The van der Waals surface area contributed by atoms with Crippen molar-refractivity contribution in [2.24, 2.45) is 0 Å². The molecule has 0 heterocycles. The van der Waals surface area contributed by atoms with E-state index in [4.69, 9.17) is 19.3 Å². The second-order valence-electron chi connectivity index (χ2n) is 11.8. The number of aliphatic hydroxyl groups is 2. The molecule has 4 N–H and O–H groups in total. The quantitative estimate of drug-likeness (QED) is 0.0257. The smallest absolute Gasteiger partial charge is 0.462 e. The maximum atomic E-state index is 12.3. The van der Waals surface area contributed by atoms with Gasteiger partial charge in [0.25, 0.3) is 0 Å². The van der Waals surface area contributed by atoms with E-state index < -0.39 is 44.7 Å². The molecule has 11 heteroatoms. The van der Waals surface area contributed by atoms with Gasteiger partial charge in [-0.1, -0.05) is 116 Å². The zero-order valence-electron chi connectivity index (χ0n) is 27.5. The van der Waals surface area contributed by atoms with Gasteiger partial charge in [0.2, 0.25) is 0 Å². The Bertz CT molecular complexity index is 770. The lowest BCUT2D eigenvalue weighted by atomic mass is 10.0. The van der Waals surface area contributed by atoms with Gasteiger partial charge < -0.3 is 29.5 Å². The number of ether oxygens (including phenoxy) is 2. The predicted octanol–water partition coefficient (Wildman–Crippen LogP) is 7.45. The second-order valence-corrected chi connectivity index (χ2v) is 13.0. The van der Waals surface area contributed by atoms with Crippen molar-refractivity contribution in [2.45, 2.75) is 173 Å². The molecule has 0 aliphatic carbocycles. The Morgan fingerprint density at radius 2 is 1.18 bits per heavy atom. The van der Waals surface area contributed by atoms with Gasteiger partial charge in [-0.15, -0.1) is 0 Å². The lowest BCUT2D eigenvalue weighted by Crippen LogP contribution is -2.29. The van der Waals surface area contributed by atoms with Crippen molar-refractivity contribution >= 4 is 19.8 Å². The third-order valence-corrected chi connectivity index (χ3v) is 7.97. The van der Waals surface area contributed by atoms with Gasteiger partial charge in [0.05, 0.1) is 18.8 Å². The molecule has 0 aliphatic heterocycles. The summed E-state index contributed by atoms with van der Waals surface area (Å²) in [6, 6.07) is 0. The van der Waals surface area contributed by atoms with Crippen LogP contribution in [0.2, 0.25) is 0 Å². The van der Waals surface area contributed by atoms with E-state index in [0.717, 1.165) is 57.8 Å². The predicted molar refractivity (Wildman–Crippen MR) is 173 cm³/mol. The first kappa shape index (κ1) is 42.7. The number of phosphoric acid groups is 1. The molecule has 0 aliphatic rings. The monoisotopic (exact) mass is 650 g/mol. The van der Waals surface area contributed by atoms with E-state index >= 15 is 0 Å². The number of hydrogen-bond donors (Lipinski definition) is 4. The number of esters is 2. The molecule has 0 fully saturated rings. The molecule has 0 saturated carbocycles. The van der Waals surface area contributed by atoms with Crippen LogP contribution in [-0.2, 0) is 28.2 Å². The van der Waals surface area contributed by atoms with Crippen LogP contribution in [0, 0.1) is 0 Å². The molecule has 0 radical (unpaired) electrons. The van der Waals surface area contributed by atoms with Crippen molar-refractivity contribution in [1.29, 1.82) is 0 Å². The van der Waals surface area contributed by atoms with Gasteiger partial charge in [0, 0.05) is 12.8 Å². The average Bonchev–Trinajstić information content (AvgIpc) is 2.98. The molecule has 0 saturated heterocycles. The van der Waals surface area contributed by atoms with Crippen LogP contribution < -0.4 is 0 Å². The van der Waals surface area contributed by atoms with Crippen LogP contribution in [0.4, 0.5) is 0 Å². The Labute approximate surface area is 266 Å². The van der Waals surface area contributed by atoms with Crippen LogP contribution in [0.5, 0.6) is 0 Å². The molecule has 0 aromatic heterocycles. The number of aliphatic hydroxyl groups excluding tert-OH is 2. The highest BCUT2D eigenvalue weighted by Crippen LogP contribution is 2.36. The molecular weight excluding hydrogens is 587 g/mol. The first-order chi connectivity index (χ1) is 21.1. The summed E-state index contributed by atoms with van der Waals surface area (Å²) in [7, 11) is -4.77. The van der Waals surface area contributed by atoms with Crippen molar-refractivity contribution in [3.8, 4) is 0 Å². The molecule has 3 atom stereocenters. The van der Waals surface area contributed by atoms with Gasteiger partial charge in [-0.2, -0.15) is 0 Å². The second kappa shape index (κ2) is 29.1. The number of carbonyl (C=O) groups excluding carboxylic acids is 2. The van der Waals surface area contributed by atoms with E-state index in [2.05, 4.69) is 24.4 Å². The third-order valence-electron chi connectivity index (χ3n) is 7.48. The largest absolute Gasteiger partial charge is 0.469 e. The van der Waals surface area contributed by atoms with Crippen molar-refractivity contribution in [1.82, 2.24) is 0 Å². The Morgan fingerprint density at radius 1 is 0.659 bits per heavy atom. The van der Waals surface area contributed by atoms with E-state index in [9.17, 15) is 24.4 Å². The number of unbranched alkanes of at least 4 members (excludes halogenated alkanes) is 15. The average molecular weight is 651 g/mol. The summed E-state index contributed by atoms with van der Waals surface area (Å²) in [4.78, 5) is 42.5. The first-order valence-electron chi connectivity index (χ1n) is 17.1. The minimum absolute atomic E-state index is 0.171. The van der Waals surface area contributed by atoms with Gasteiger partial charge >= 0.3 is 19.8 Å². The van der Waals surface area contributed by atoms with Gasteiger partial charge in [-0.3, -0.25) is 14.1 Å². The fourth-order valence-electron chi connectivity index (χ4n) is 4.75. The van der Waals surface area contributed by atoms with Crippen molar-refractivity contribution in [3.05, 3.63) is 12.2 Å². The summed E-state index contributed by atoms with van der Waals surface area (Å²) in [5.74, 6) is -0.998. The topological polar surface area (TPSA) is 160 Å². The first-order valence-corrected chi connectivity index (χ1v) is 18.7. The molecule has 0 rings (SSSR count). The van der Waals surface area contributed by atoms with E-state index in [1.165, 1.54) is 44.9 Å². The molecule has 260 valence electrons. The van der Waals surface area contributed by atoms with Gasteiger partial charge in [-0.25, -0.2) is 4.57 Å². The molecule has 10 nitrogen and oxygen atoms in total. The molecule has 0 amide bonds. The van der Waals surface area contributed by atoms with Gasteiger partial charge in [0.1, 0.15) is 6.61 Å².